The number of nitrogens with one attached hydrogen (secondary N) is 1. The third-order valence-electron chi connectivity index (χ3n) is 3.31. The van der Waals surface area contributed by atoms with Gasteiger partial charge in [-0.25, -0.2) is 4.79 Å². The third kappa shape index (κ3) is 2.78. The van der Waals surface area contributed by atoms with Crippen molar-refractivity contribution in [3.05, 3.63) is 29.8 Å². The minimum absolute atomic E-state index is 0.0304. The maximum atomic E-state index is 12.1. The molecule has 17 heavy (non-hydrogen) atoms. The van der Waals surface area contributed by atoms with Crippen molar-refractivity contribution >= 4 is 11.7 Å². The van der Waals surface area contributed by atoms with Crippen molar-refractivity contribution in [2.24, 2.45) is 0 Å². The van der Waals surface area contributed by atoms with Crippen molar-refractivity contribution < 1.29 is 4.79 Å². The molecular weight excluding hydrogens is 212 g/mol. The van der Waals surface area contributed by atoms with Crippen LogP contribution in [-0.2, 0) is 0 Å². The highest BCUT2D eigenvalue weighted by atomic mass is 16.2. The second kappa shape index (κ2) is 5.21. The predicted octanol–water partition coefficient (Wildman–Crippen LogP) is 3.08. The molecule has 1 saturated carbocycles. The zero-order chi connectivity index (χ0) is 12.3. The van der Waals surface area contributed by atoms with E-state index in [0.717, 1.165) is 18.5 Å². The Kier molecular flexibility index (Phi) is 3.67. The van der Waals surface area contributed by atoms with Gasteiger partial charge in [-0.15, -0.1) is 0 Å². The van der Waals surface area contributed by atoms with Crippen LogP contribution in [-0.4, -0.2) is 18.6 Å². The second-order valence-corrected chi connectivity index (χ2v) is 4.66. The van der Waals surface area contributed by atoms with Gasteiger partial charge in [-0.05, 0) is 50.8 Å². The molecule has 0 unspecified atom stereocenters. The number of carbonyl (C=O) groups is 1. The van der Waals surface area contributed by atoms with Gasteiger partial charge in [-0.3, -0.25) is 4.90 Å². The molecule has 2 rings (SSSR count). The average molecular weight is 232 g/mol. The first-order chi connectivity index (χ1) is 8.20. The molecule has 1 aromatic rings. The molecule has 0 heterocycles. The van der Waals surface area contributed by atoms with Crippen LogP contribution in [0.25, 0.3) is 0 Å². The molecule has 2 amide bonds. The highest BCUT2D eigenvalue weighted by Gasteiger charge is 2.22. The number of hydrogen-bond donors (Lipinski definition) is 1. The normalized spacial score (nSPS) is 15.2. The van der Waals surface area contributed by atoms with Crippen LogP contribution in [0.1, 0.15) is 31.7 Å². The van der Waals surface area contributed by atoms with E-state index >= 15 is 0 Å². The summed E-state index contributed by atoms with van der Waals surface area (Å²) in [6.07, 6.45) is 3.48. The zero-order valence-corrected chi connectivity index (χ0v) is 10.6. The van der Waals surface area contributed by atoms with E-state index in [1.165, 1.54) is 12.0 Å². The van der Waals surface area contributed by atoms with Gasteiger partial charge in [0.15, 0.2) is 0 Å². The maximum absolute atomic E-state index is 12.1. The lowest BCUT2D eigenvalue weighted by Crippen LogP contribution is -2.47. The molecule has 1 aliphatic carbocycles. The van der Waals surface area contributed by atoms with E-state index in [0.29, 0.717) is 12.6 Å². The third-order valence-corrected chi connectivity index (χ3v) is 3.31. The summed E-state index contributed by atoms with van der Waals surface area (Å²) in [6, 6.07) is 8.48. The quantitative estimate of drug-likeness (QED) is 0.853. The first-order valence-electron chi connectivity index (χ1n) is 6.35. The van der Waals surface area contributed by atoms with Gasteiger partial charge in [-0.2, -0.15) is 0 Å². The number of nitrogens with zero attached hydrogens (tertiary/aromatic N) is 1. The molecule has 0 aromatic heterocycles. The molecule has 0 saturated heterocycles. The second-order valence-electron chi connectivity index (χ2n) is 4.66. The molecule has 1 aliphatic rings. The van der Waals surface area contributed by atoms with Crippen LogP contribution in [0.4, 0.5) is 10.5 Å². The number of carbonyl (C=O) groups excluding carboxylic acids is 1. The highest BCUT2D eigenvalue weighted by Crippen LogP contribution is 2.20. The van der Waals surface area contributed by atoms with Crippen molar-refractivity contribution in [3.8, 4) is 0 Å². The van der Waals surface area contributed by atoms with Crippen LogP contribution < -0.4 is 10.2 Å². The van der Waals surface area contributed by atoms with Gasteiger partial charge < -0.3 is 5.32 Å². The monoisotopic (exact) mass is 232 g/mol. The summed E-state index contributed by atoms with van der Waals surface area (Å²) >= 11 is 0. The van der Waals surface area contributed by atoms with E-state index < -0.39 is 0 Å². The summed E-state index contributed by atoms with van der Waals surface area (Å²) in [5.74, 6) is 0. The van der Waals surface area contributed by atoms with E-state index in [-0.39, 0.29) is 6.03 Å². The zero-order valence-electron chi connectivity index (χ0n) is 10.6. The Hall–Kier alpha value is -1.51. The van der Waals surface area contributed by atoms with Gasteiger partial charge in [-0.1, -0.05) is 12.1 Å². The smallest absolute Gasteiger partial charge is 0.322 e. The standard InChI is InChI=1S/C14H20N2O/c1-3-16(13-9-4-6-11(2)10-13)14(17)15-12-7-5-8-12/h4,6,9-10,12H,3,5,7-8H2,1-2H3,(H,15,17). The Balaban J connectivity index is 2.06. The molecule has 0 bridgehead atoms. The lowest BCUT2D eigenvalue weighted by atomic mass is 9.93. The van der Waals surface area contributed by atoms with Crippen molar-refractivity contribution in [1.29, 1.82) is 0 Å². The minimum atomic E-state index is 0.0304. The number of hydrogen-bond acceptors (Lipinski definition) is 1. The topological polar surface area (TPSA) is 32.3 Å². The Morgan fingerprint density at radius 1 is 1.47 bits per heavy atom. The Morgan fingerprint density at radius 2 is 2.24 bits per heavy atom. The number of benzene rings is 1. The summed E-state index contributed by atoms with van der Waals surface area (Å²) in [4.78, 5) is 13.9. The van der Waals surface area contributed by atoms with Crippen molar-refractivity contribution in [2.75, 3.05) is 11.4 Å². The molecule has 0 radical (unpaired) electrons. The molecule has 1 N–H and O–H groups in total. The summed E-state index contributed by atoms with van der Waals surface area (Å²) < 4.78 is 0. The fourth-order valence-electron chi connectivity index (χ4n) is 2.04. The van der Waals surface area contributed by atoms with Crippen LogP contribution in [0.15, 0.2) is 24.3 Å². The number of urea groups is 1. The van der Waals surface area contributed by atoms with Crippen molar-refractivity contribution in [3.63, 3.8) is 0 Å². The van der Waals surface area contributed by atoms with Gasteiger partial charge in [0.1, 0.15) is 0 Å². The van der Waals surface area contributed by atoms with Crippen LogP contribution >= 0.6 is 0 Å². The van der Waals surface area contributed by atoms with Crippen LogP contribution in [0, 0.1) is 6.92 Å². The molecular formula is C14H20N2O. The molecule has 1 aromatic carbocycles. The lowest BCUT2D eigenvalue weighted by Gasteiger charge is -2.30. The molecule has 0 spiro atoms. The summed E-state index contributed by atoms with van der Waals surface area (Å²) in [5.41, 5.74) is 2.15. The van der Waals surface area contributed by atoms with Crippen LogP contribution in [0.5, 0.6) is 0 Å². The number of anilines is 1. The van der Waals surface area contributed by atoms with Gasteiger partial charge in [0.2, 0.25) is 0 Å². The van der Waals surface area contributed by atoms with Crippen LogP contribution in [0.3, 0.4) is 0 Å². The van der Waals surface area contributed by atoms with Gasteiger partial charge in [0.05, 0.1) is 0 Å². The molecule has 3 heteroatoms. The summed E-state index contributed by atoms with van der Waals surface area (Å²) in [6.45, 7) is 4.74. The fraction of sp³-hybridized carbons (Fsp3) is 0.500. The molecule has 1 fully saturated rings. The fourth-order valence-corrected chi connectivity index (χ4v) is 2.04. The molecule has 92 valence electrons. The first kappa shape index (κ1) is 12.0. The lowest BCUT2D eigenvalue weighted by molar-refractivity contribution is 0.234. The summed E-state index contributed by atoms with van der Waals surface area (Å²) in [7, 11) is 0. The molecule has 0 aliphatic heterocycles. The number of rotatable bonds is 3. The van der Waals surface area contributed by atoms with Crippen LogP contribution in [0.2, 0.25) is 0 Å². The van der Waals surface area contributed by atoms with Gasteiger partial charge in [0.25, 0.3) is 0 Å². The summed E-state index contributed by atoms with van der Waals surface area (Å²) in [5, 5.41) is 3.07. The minimum Gasteiger partial charge on any atom is -0.335 e. The van der Waals surface area contributed by atoms with E-state index in [9.17, 15) is 4.79 Å². The first-order valence-corrected chi connectivity index (χ1v) is 6.35. The SMILES string of the molecule is CCN(C(=O)NC1CCC1)c1cccc(C)c1. The predicted molar refractivity (Wildman–Crippen MR) is 70.4 cm³/mol. The Labute approximate surface area is 103 Å². The Morgan fingerprint density at radius 3 is 2.76 bits per heavy atom. The average Bonchev–Trinajstić information content (AvgIpc) is 2.25. The van der Waals surface area contributed by atoms with E-state index in [1.54, 1.807) is 4.90 Å². The maximum Gasteiger partial charge on any atom is 0.322 e. The van der Waals surface area contributed by atoms with Gasteiger partial charge in [0, 0.05) is 18.3 Å². The van der Waals surface area contributed by atoms with Crippen molar-refractivity contribution in [1.82, 2.24) is 5.32 Å². The van der Waals surface area contributed by atoms with E-state index in [4.69, 9.17) is 0 Å². The van der Waals surface area contributed by atoms with E-state index in [1.807, 2.05) is 38.1 Å². The highest BCUT2D eigenvalue weighted by molar-refractivity contribution is 5.92. The number of amides is 2. The Bertz CT molecular complexity index is 399. The van der Waals surface area contributed by atoms with E-state index in [2.05, 4.69) is 5.32 Å². The number of aryl methyl sites for hydroxylation is 1. The van der Waals surface area contributed by atoms with Gasteiger partial charge >= 0.3 is 6.03 Å². The molecule has 0 atom stereocenters. The largest absolute Gasteiger partial charge is 0.335 e. The van der Waals surface area contributed by atoms with Crippen molar-refractivity contribution in [2.45, 2.75) is 39.2 Å². The molecule has 3 nitrogen and oxygen atoms in total.